The van der Waals surface area contributed by atoms with Crippen molar-refractivity contribution in [1.29, 1.82) is 0 Å². The highest BCUT2D eigenvalue weighted by molar-refractivity contribution is 8.00. The van der Waals surface area contributed by atoms with Crippen molar-refractivity contribution in [3.05, 3.63) is 27.4 Å². The number of aliphatic hydroxyl groups is 1. The van der Waals surface area contributed by atoms with Crippen LogP contribution in [0.4, 0.5) is 5.69 Å². The zero-order chi connectivity index (χ0) is 12.1. The first-order chi connectivity index (χ1) is 7.54. The van der Waals surface area contributed by atoms with Crippen LogP contribution < -0.4 is 0 Å². The SMILES string of the molecule is CC(CCO)Sc1ncc(Cl)cc1[N+](=O)[O-]. The van der Waals surface area contributed by atoms with Gasteiger partial charge in [-0.3, -0.25) is 10.1 Å². The van der Waals surface area contributed by atoms with E-state index in [1.807, 2.05) is 6.92 Å². The van der Waals surface area contributed by atoms with Crippen LogP contribution in [0.15, 0.2) is 17.3 Å². The molecule has 1 aromatic heterocycles. The van der Waals surface area contributed by atoms with E-state index in [1.165, 1.54) is 24.0 Å². The third kappa shape index (κ3) is 3.62. The smallest absolute Gasteiger partial charge is 0.302 e. The first kappa shape index (κ1) is 13.2. The van der Waals surface area contributed by atoms with Gasteiger partial charge in [-0.15, -0.1) is 0 Å². The molecule has 0 spiro atoms. The molecule has 0 fully saturated rings. The van der Waals surface area contributed by atoms with Gasteiger partial charge in [0, 0.05) is 24.1 Å². The van der Waals surface area contributed by atoms with Crippen LogP contribution in [0.3, 0.4) is 0 Å². The monoisotopic (exact) mass is 262 g/mol. The van der Waals surface area contributed by atoms with Crippen molar-refractivity contribution in [2.24, 2.45) is 0 Å². The highest BCUT2D eigenvalue weighted by atomic mass is 35.5. The normalized spacial score (nSPS) is 12.4. The number of aliphatic hydroxyl groups excluding tert-OH is 1. The topological polar surface area (TPSA) is 76.3 Å². The van der Waals surface area contributed by atoms with Gasteiger partial charge in [0.15, 0.2) is 5.03 Å². The summed E-state index contributed by atoms with van der Waals surface area (Å²) >= 11 is 6.90. The van der Waals surface area contributed by atoms with Gasteiger partial charge >= 0.3 is 5.69 Å². The number of aromatic nitrogens is 1. The summed E-state index contributed by atoms with van der Waals surface area (Å²) in [6, 6.07) is 1.28. The molecular formula is C9H11ClN2O3S. The maximum atomic E-state index is 10.8. The third-order valence-corrected chi connectivity index (χ3v) is 3.23. The largest absolute Gasteiger partial charge is 0.396 e. The van der Waals surface area contributed by atoms with E-state index in [9.17, 15) is 10.1 Å². The molecule has 5 nitrogen and oxygen atoms in total. The molecule has 1 unspecified atom stereocenters. The van der Waals surface area contributed by atoms with Crippen LogP contribution in [-0.4, -0.2) is 26.9 Å². The summed E-state index contributed by atoms with van der Waals surface area (Å²) in [7, 11) is 0. The highest BCUT2D eigenvalue weighted by Gasteiger charge is 2.18. The lowest BCUT2D eigenvalue weighted by molar-refractivity contribution is -0.388. The molecule has 1 rings (SSSR count). The molecule has 0 amide bonds. The summed E-state index contributed by atoms with van der Waals surface area (Å²) in [5.74, 6) is 0. The van der Waals surface area contributed by atoms with Gasteiger partial charge in [0.25, 0.3) is 0 Å². The summed E-state index contributed by atoms with van der Waals surface area (Å²) in [5.41, 5.74) is -0.0951. The van der Waals surface area contributed by atoms with Crippen molar-refractivity contribution in [2.45, 2.75) is 23.6 Å². The molecule has 16 heavy (non-hydrogen) atoms. The lowest BCUT2D eigenvalue weighted by atomic mass is 10.3. The average Bonchev–Trinajstić information content (AvgIpc) is 2.20. The summed E-state index contributed by atoms with van der Waals surface area (Å²) in [5, 5.41) is 20.1. The van der Waals surface area contributed by atoms with Crippen molar-refractivity contribution in [3.63, 3.8) is 0 Å². The Morgan fingerprint density at radius 1 is 1.75 bits per heavy atom. The second-order valence-electron chi connectivity index (χ2n) is 3.18. The number of rotatable bonds is 5. The summed E-state index contributed by atoms with van der Waals surface area (Å²) in [6.07, 6.45) is 1.94. The second-order valence-corrected chi connectivity index (χ2v) is 5.04. The Morgan fingerprint density at radius 3 is 3.00 bits per heavy atom. The molecule has 0 saturated heterocycles. The van der Waals surface area contributed by atoms with Gasteiger partial charge in [-0.05, 0) is 6.42 Å². The fraction of sp³-hybridized carbons (Fsp3) is 0.444. The molecule has 0 bridgehead atoms. The number of thioether (sulfide) groups is 1. The molecule has 0 aliphatic carbocycles. The van der Waals surface area contributed by atoms with E-state index < -0.39 is 4.92 Å². The molecule has 1 N–H and O–H groups in total. The molecule has 0 radical (unpaired) electrons. The van der Waals surface area contributed by atoms with Gasteiger partial charge in [0.05, 0.1) is 9.95 Å². The molecule has 0 saturated carbocycles. The van der Waals surface area contributed by atoms with Crippen LogP contribution in [0.2, 0.25) is 5.02 Å². The van der Waals surface area contributed by atoms with Crippen LogP contribution >= 0.6 is 23.4 Å². The van der Waals surface area contributed by atoms with Crippen molar-refractivity contribution in [3.8, 4) is 0 Å². The first-order valence-electron chi connectivity index (χ1n) is 4.62. The predicted octanol–water partition coefficient (Wildman–Crippen LogP) is 2.51. The number of nitrogens with zero attached hydrogens (tertiary/aromatic N) is 2. The van der Waals surface area contributed by atoms with Crippen LogP contribution in [0, 0.1) is 10.1 Å². The average molecular weight is 263 g/mol. The summed E-state index contributed by atoms with van der Waals surface area (Å²) in [6.45, 7) is 1.93. The van der Waals surface area contributed by atoms with Gasteiger partial charge in [-0.25, -0.2) is 4.98 Å². The molecule has 0 aliphatic rings. The van der Waals surface area contributed by atoms with Gasteiger partial charge in [-0.1, -0.05) is 30.3 Å². The maximum Gasteiger partial charge on any atom is 0.302 e. The van der Waals surface area contributed by atoms with Crippen LogP contribution in [0.1, 0.15) is 13.3 Å². The van der Waals surface area contributed by atoms with Crippen molar-refractivity contribution >= 4 is 29.1 Å². The van der Waals surface area contributed by atoms with Gasteiger partial charge in [-0.2, -0.15) is 0 Å². The number of hydrogen-bond donors (Lipinski definition) is 1. The van der Waals surface area contributed by atoms with E-state index >= 15 is 0 Å². The Labute approximate surface area is 102 Å². The Kier molecular flexibility index (Phi) is 4.98. The molecular weight excluding hydrogens is 252 g/mol. The molecule has 1 aromatic rings. The van der Waals surface area contributed by atoms with Gasteiger partial charge < -0.3 is 5.11 Å². The van der Waals surface area contributed by atoms with E-state index in [4.69, 9.17) is 16.7 Å². The van der Waals surface area contributed by atoms with Crippen LogP contribution in [0.25, 0.3) is 0 Å². The Hall–Kier alpha value is -0.850. The molecule has 7 heteroatoms. The van der Waals surface area contributed by atoms with Gasteiger partial charge in [0.1, 0.15) is 0 Å². The van der Waals surface area contributed by atoms with Crippen LogP contribution in [-0.2, 0) is 0 Å². The van der Waals surface area contributed by atoms with E-state index in [1.54, 1.807) is 0 Å². The lowest BCUT2D eigenvalue weighted by Crippen LogP contribution is -2.02. The molecule has 0 aliphatic heterocycles. The minimum Gasteiger partial charge on any atom is -0.396 e. The predicted molar refractivity (Wildman–Crippen MR) is 62.9 cm³/mol. The van der Waals surface area contributed by atoms with Crippen molar-refractivity contribution in [1.82, 2.24) is 4.98 Å². The second kappa shape index (κ2) is 6.03. The minimum atomic E-state index is -0.507. The molecule has 1 atom stereocenters. The zero-order valence-electron chi connectivity index (χ0n) is 8.59. The van der Waals surface area contributed by atoms with Gasteiger partial charge in [0.2, 0.25) is 0 Å². The summed E-state index contributed by atoms with van der Waals surface area (Å²) in [4.78, 5) is 14.2. The molecule has 1 heterocycles. The quantitative estimate of drug-likeness (QED) is 0.501. The minimum absolute atomic E-state index is 0.0511. The third-order valence-electron chi connectivity index (χ3n) is 1.84. The Bertz CT molecular complexity index is 389. The summed E-state index contributed by atoms with van der Waals surface area (Å²) < 4.78 is 0. The number of nitro groups is 1. The standard InChI is InChI=1S/C9H11ClN2O3S/c1-6(2-3-13)16-9-8(12(14)15)4-7(10)5-11-9/h4-6,13H,2-3H2,1H3. The number of hydrogen-bond acceptors (Lipinski definition) is 5. The van der Waals surface area contributed by atoms with Crippen molar-refractivity contribution < 1.29 is 10.0 Å². The Morgan fingerprint density at radius 2 is 2.44 bits per heavy atom. The maximum absolute atomic E-state index is 10.8. The zero-order valence-corrected chi connectivity index (χ0v) is 10.2. The van der Waals surface area contributed by atoms with E-state index in [2.05, 4.69) is 4.98 Å². The van der Waals surface area contributed by atoms with E-state index in [-0.39, 0.29) is 22.6 Å². The fourth-order valence-electron chi connectivity index (χ4n) is 1.07. The lowest BCUT2D eigenvalue weighted by Gasteiger charge is -2.08. The first-order valence-corrected chi connectivity index (χ1v) is 5.87. The number of pyridine rings is 1. The van der Waals surface area contributed by atoms with E-state index in [0.717, 1.165) is 0 Å². The number of halogens is 1. The van der Waals surface area contributed by atoms with E-state index in [0.29, 0.717) is 11.4 Å². The fourth-order valence-corrected chi connectivity index (χ4v) is 2.19. The highest BCUT2D eigenvalue weighted by Crippen LogP contribution is 2.32. The molecule has 0 aromatic carbocycles. The Balaban J connectivity index is 2.90. The molecule has 88 valence electrons. The van der Waals surface area contributed by atoms with Crippen LogP contribution in [0.5, 0.6) is 0 Å². The van der Waals surface area contributed by atoms with Crippen molar-refractivity contribution in [2.75, 3.05) is 6.61 Å².